The molecule has 0 aromatic heterocycles. The average molecular weight is 378 g/mol. The lowest BCUT2D eigenvalue weighted by atomic mass is 9.88. The molecule has 1 amide bonds. The summed E-state index contributed by atoms with van der Waals surface area (Å²) in [6.07, 6.45) is 10.3. The van der Waals surface area contributed by atoms with Gasteiger partial charge in [0.1, 0.15) is 0 Å². The van der Waals surface area contributed by atoms with E-state index in [1.807, 2.05) is 0 Å². The van der Waals surface area contributed by atoms with Crippen molar-refractivity contribution in [1.29, 1.82) is 0 Å². The van der Waals surface area contributed by atoms with E-state index in [9.17, 15) is 4.79 Å². The number of nitrogens with zero attached hydrogens (tertiary/aromatic N) is 2. The van der Waals surface area contributed by atoms with Crippen LogP contribution >= 0.6 is 0 Å². The Morgan fingerprint density at radius 2 is 1.59 bits per heavy atom. The first-order chi connectivity index (χ1) is 13.0. The van der Waals surface area contributed by atoms with Gasteiger partial charge in [-0.1, -0.05) is 0 Å². The molecule has 4 aliphatic heterocycles. The highest BCUT2D eigenvalue weighted by Crippen LogP contribution is 2.33. The lowest BCUT2D eigenvalue weighted by Crippen LogP contribution is -2.46. The van der Waals surface area contributed by atoms with Crippen molar-refractivity contribution in [2.75, 3.05) is 32.7 Å². The molecule has 4 unspecified atom stereocenters. The van der Waals surface area contributed by atoms with Crippen LogP contribution in [0.1, 0.15) is 65.2 Å². The largest absolute Gasteiger partial charge is 0.373 e. The van der Waals surface area contributed by atoms with Gasteiger partial charge in [0.25, 0.3) is 0 Å². The maximum Gasteiger partial charge on any atom is 0.222 e. The second kappa shape index (κ2) is 8.79. The quantitative estimate of drug-likeness (QED) is 0.800. The first kappa shape index (κ1) is 19.7. The summed E-state index contributed by atoms with van der Waals surface area (Å²) in [4.78, 5) is 17.5. The number of rotatable bonds is 5. The number of carbonyl (C=O) groups is 1. The van der Waals surface area contributed by atoms with Crippen LogP contribution in [0.3, 0.4) is 0 Å². The van der Waals surface area contributed by atoms with Crippen LogP contribution in [0.15, 0.2) is 0 Å². The van der Waals surface area contributed by atoms with Crippen LogP contribution < -0.4 is 5.32 Å². The van der Waals surface area contributed by atoms with Gasteiger partial charge in [-0.05, 0) is 77.2 Å². The molecule has 27 heavy (non-hydrogen) atoms. The van der Waals surface area contributed by atoms with Crippen LogP contribution in [0.2, 0.25) is 0 Å². The van der Waals surface area contributed by atoms with Crippen molar-refractivity contribution in [3.63, 3.8) is 0 Å². The molecule has 4 fully saturated rings. The van der Waals surface area contributed by atoms with Crippen LogP contribution in [0.4, 0.5) is 0 Å². The minimum atomic E-state index is 0.360. The van der Waals surface area contributed by atoms with Crippen LogP contribution in [-0.2, 0) is 9.53 Å². The zero-order valence-electron chi connectivity index (χ0n) is 17.4. The third-order valence-corrected chi connectivity index (χ3v) is 7.35. The summed E-state index contributed by atoms with van der Waals surface area (Å²) in [6, 6.07) is 1.39. The number of nitrogens with one attached hydrogen (secondary N) is 1. The van der Waals surface area contributed by atoms with Gasteiger partial charge in [0.05, 0.1) is 12.2 Å². The number of carbonyl (C=O) groups excluding carboxylic acids is 1. The molecular formula is C22H39N3O2. The van der Waals surface area contributed by atoms with Gasteiger partial charge < -0.3 is 15.0 Å². The Hall–Kier alpha value is -0.650. The van der Waals surface area contributed by atoms with E-state index >= 15 is 0 Å². The second-order valence-electron chi connectivity index (χ2n) is 9.81. The summed E-state index contributed by atoms with van der Waals surface area (Å²) in [5, 5.41) is 3.69. The molecule has 2 bridgehead atoms. The van der Waals surface area contributed by atoms with Crippen molar-refractivity contribution in [2.45, 2.75) is 89.5 Å². The van der Waals surface area contributed by atoms with Crippen LogP contribution in [0.25, 0.3) is 0 Å². The van der Waals surface area contributed by atoms with E-state index in [1.165, 1.54) is 51.5 Å². The highest BCUT2D eigenvalue weighted by atomic mass is 16.5. The van der Waals surface area contributed by atoms with Crippen molar-refractivity contribution in [3.8, 4) is 0 Å². The summed E-state index contributed by atoms with van der Waals surface area (Å²) in [6.45, 7) is 9.66. The SMILES string of the molecule is CC1CN(CCC2CCN(C(=O)CC3CC4CCC(C3)N4)CC2)CC(C)O1. The first-order valence-electron chi connectivity index (χ1n) is 11.5. The lowest BCUT2D eigenvalue weighted by Gasteiger charge is -2.37. The van der Waals surface area contributed by atoms with Crippen LogP contribution in [0, 0.1) is 11.8 Å². The van der Waals surface area contributed by atoms with E-state index in [2.05, 4.69) is 29.0 Å². The minimum absolute atomic E-state index is 0.360. The lowest BCUT2D eigenvalue weighted by molar-refractivity contribution is -0.134. The number of amides is 1. The van der Waals surface area contributed by atoms with Gasteiger partial charge in [0.15, 0.2) is 0 Å². The minimum Gasteiger partial charge on any atom is -0.373 e. The summed E-state index contributed by atoms with van der Waals surface area (Å²) < 4.78 is 5.84. The van der Waals surface area contributed by atoms with Gasteiger partial charge in [0, 0.05) is 44.7 Å². The molecule has 4 saturated heterocycles. The van der Waals surface area contributed by atoms with Gasteiger partial charge in [-0.25, -0.2) is 0 Å². The fourth-order valence-corrected chi connectivity index (χ4v) is 6.02. The Morgan fingerprint density at radius 3 is 2.22 bits per heavy atom. The molecule has 1 N–H and O–H groups in total. The molecule has 4 rings (SSSR count). The smallest absolute Gasteiger partial charge is 0.222 e. The van der Waals surface area contributed by atoms with E-state index in [-0.39, 0.29) is 0 Å². The molecule has 0 aliphatic carbocycles. The Balaban J connectivity index is 1.15. The van der Waals surface area contributed by atoms with Crippen LogP contribution in [0.5, 0.6) is 0 Å². The van der Waals surface area contributed by atoms with Gasteiger partial charge >= 0.3 is 0 Å². The zero-order valence-corrected chi connectivity index (χ0v) is 17.4. The normalized spacial score (nSPS) is 38.3. The monoisotopic (exact) mass is 377 g/mol. The standard InChI is InChI=1S/C22H39N3O2/c1-16-14-24(15-17(2)27-16)8-5-18-6-9-25(10-7-18)22(26)13-19-11-20-3-4-21(12-19)23-20/h16-21,23H,3-15H2,1-2H3. The Kier molecular flexibility index (Phi) is 6.40. The third kappa shape index (κ3) is 5.24. The van der Waals surface area contributed by atoms with Gasteiger partial charge in [-0.15, -0.1) is 0 Å². The van der Waals surface area contributed by atoms with Gasteiger partial charge in [-0.3, -0.25) is 9.69 Å². The zero-order chi connectivity index (χ0) is 18.8. The molecule has 0 spiro atoms. The van der Waals surface area contributed by atoms with E-state index in [0.717, 1.165) is 38.5 Å². The third-order valence-electron chi connectivity index (χ3n) is 7.35. The van der Waals surface area contributed by atoms with Crippen molar-refractivity contribution in [2.24, 2.45) is 11.8 Å². The number of hydrogen-bond donors (Lipinski definition) is 1. The number of fused-ring (bicyclic) bond motifs is 2. The Morgan fingerprint density at radius 1 is 0.963 bits per heavy atom. The molecule has 0 saturated carbocycles. The molecule has 0 radical (unpaired) electrons. The molecule has 5 heteroatoms. The average Bonchev–Trinajstić information content (AvgIpc) is 2.98. The molecule has 154 valence electrons. The number of hydrogen-bond acceptors (Lipinski definition) is 4. The maximum atomic E-state index is 12.8. The van der Waals surface area contributed by atoms with Gasteiger partial charge in [-0.2, -0.15) is 0 Å². The Labute approximate surface area is 165 Å². The fourth-order valence-electron chi connectivity index (χ4n) is 6.02. The summed E-state index contributed by atoms with van der Waals surface area (Å²) in [7, 11) is 0. The summed E-state index contributed by atoms with van der Waals surface area (Å²) in [5.41, 5.74) is 0. The topological polar surface area (TPSA) is 44.8 Å². The van der Waals surface area contributed by atoms with Crippen molar-refractivity contribution in [1.82, 2.24) is 15.1 Å². The fraction of sp³-hybridized carbons (Fsp3) is 0.955. The molecule has 5 nitrogen and oxygen atoms in total. The van der Waals surface area contributed by atoms with E-state index in [0.29, 0.717) is 36.1 Å². The number of ether oxygens (including phenoxy) is 1. The molecule has 0 aromatic rings. The van der Waals surface area contributed by atoms with Gasteiger partial charge in [0.2, 0.25) is 5.91 Å². The number of morpholine rings is 1. The first-order valence-corrected chi connectivity index (χ1v) is 11.5. The summed E-state index contributed by atoms with van der Waals surface area (Å²) >= 11 is 0. The number of piperidine rings is 2. The van der Waals surface area contributed by atoms with Crippen molar-refractivity contribution >= 4 is 5.91 Å². The maximum absolute atomic E-state index is 12.8. The highest BCUT2D eigenvalue weighted by Gasteiger charge is 2.35. The van der Waals surface area contributed by atoms with E-state index in [4.69, 9.17) is 4.74 Å². The van der Waals surface area contributed by atoms with Crippen molar-refractivity contribution < 1.29 is 9.53 Å². The second-order valence-corrected chi connectivity index (χ2v) is 9.81. The number of likely N-dealkylation sites (tertiary alicyclic amines) is 1. The van der Waals surface area contributed by atoms with Crippen LogP contribution in [-0.4, -0.2) is 72.7 Å². The van der Waals surface area contributed by atoms with Crippen molar-refractivity contribution in [3.05, 3.63) is 0 Å². The highest BCUT2D eigenvalue weighted by molar-refractivity contribution is 5.76. The summed E-state index contributed by atoms with van der Waals surface area (Å²) in [5.74, 6) is 1.84. The van der Waals surface area contributed by atoms with E-state index in [1.54, 1.807) is 0 Å². The molecular weight excluding hydrogens is 338 g/mol. The Bertz CT molecular complexity index is 484. The predicted molar refractivity (Wildman–Crippen MR) is 108 cm³/mol. The van der Waals surface area contributed by atoms with E-state index < -0.39 is 0 Å². The molecule has 0 aromatic carbocycles. The molecule has 4 atom stereocenters. The predicted octanol–water partition coefficient (Wildman–Crippen LogP) is 2.65. The molecule has 4 aliphatic rings. The molecule has 4 heterocycles.